The number of carbonyl (C=O) groups excluding carboxylic acids is 1. The van der Waals surface area contributed by atoms with Crippen molar-refractivity contribution in [3.63, 3.8) is 0 Å². The van der Waals surface area contributed by atoms with Gasteiger partial charge in [-0.2, -0.15) is 0 Å². The second kappa shape index (κ2) is 8.44. The first kappa shape index (κ1) is 19.9. The summed E-state index contributed by atoms with van der Waals surface area (Å²) in [5.74, 6) is -0.721. The van der Waals surface area contributed by atoms with Crippen molar-refractivity contribution in [3.8, 4) is 5.75 Å². The lowest BCUT2D eigenvalue weighted by molar-refractivity contribution is 0.0680. The third kappa shape index (κ3) is 4.19. The third-order valence-corrected chi connectivity index (χ3v) is 5.25. The predicted octanol–water partition coefficient (Wildman–Crippen LogP) is 4.24. The molecule has 2 heterocycles. The Morgan fingerprint density at radius 2 is 2.07 bits per heavy atom. The summed E-state index contributed by atoms with van der Waals surface area (Å²) in [6, 6.07) is 4.38. The summed E-state index contributed by atoms with van der Waals surface area (Å²) >= 11 is 9.08. The van der Waals surface area contributed by atoms with E-state index in [2.05, 4.69) is 15.9 Å². The quantitative estimate of drug-likeness (QED) is 0.610. The highest BCUT2D eigenvalue weighted by atomic mass is 79.9. The lowest BCUT2D eigenvalue weighted by atomic mass is 10.1. The summed E-state index contributed by atoms with van der Waals surface area (Å²) in [6.07, 6.45) is 3.33. The molecule has 0 atom stereocenters. The normalized spacial score (nSPS) is 13.6. The van der Waals surface area contributed by atoms with Crippen molar-refractivity contribution >= 4 is 33.4 Å². The van der Waals surface area contributed by atoms with Crippen LogP contribution in [0.3, 0.4) is 0 Å². The molecule has 1 aliphatic heterocycles. The topological polar surface area (TPSA) is 51.5 Å². The molecule has 1 amide bonds. The number of pyridine rings is 1. The lowest BCUT2D eigenvalue weighted by Crippen LogP contribution is -2.41. The number of carbonyl (C=O) groups is 1. The number of hydrogen-bond acceptors (Lipinski definition) is 3. The van der Waals surface area contributed by atoms with E-state index < -0.39 is 5.82 Å². The maximum Gasteiger partial charge on any atom is 0.274 e. The average molecular weight is 458 g/mol. The first-order valence-electron chi connectivity index (χ1n) is 8.71. The Hall–Kier alpha value is -1.86. The number of ether oxygens (including phenoxy) is 1. The third-order valence-electron chi connectivity index (χ3n) is 4.40. The van der Waals surface area contributed by atoms with Crippen molar-refractivity contribution in [1.29, 1.82) is 0 Å². The monoisotopic (exact) mass is 456 g/mol. The fourth-order valence-electron chi connectivity index (χ4n) is 2.94. The SMILES string of the molecule is CCCCOc1c2n(cc(Br)c1=O)CCN(Cc1ccc(F)c(Cl)c1)C2=O. The number of rotatable bonds is 6. The van der Waals surface area contributed by atoms with Gasteiger partial charge in [0.15, 0.2) is 11.4 Å². The molecular weight excluding hydrogens is 439 g/mol. The largest absolute Gasteiger partial charge is 0.487 e. The Morgan fingerprint density at radius 1 is 1.30 bits per heavy atom. The number of halogens is 3. The number of amides is 1. The van der Waals surface area contributed by atoms with E-state index in [1.54, 1.807) is 21.7 Å². The van der Waals surface area contributed by atoms with E-state index in [1.807, 2.05) is 6.92 Å². The van der Waals surface area contributed by atoms with Gasteiger partial charge in [-0.15, -0.1) is 0 Å². The molecule has 8 heteroatoms. The van der Waals surface area contributed by atoms with Crippen molar-refractivity contribution in [3.05, 3.63) is 61.2 Å². The first-order chi connectivity index (χ1) is 12.9. The first-order valence-corrected chi connectivity index (χ1v) is 9.88. The van der Waals surface area contributed by atoms with Crippen molar-refractivity contribution in [2.24, 2.45) is 0 Å². The fraction of sp³-hybridized carbons (Fsp3) is 0.368. The molecule has 27 heavy (non-hydrogen) atoms. The van der Waals surface area contributed by atoms with Crippen LogP contribution in [0.25, 0.3) is 0 Å². The average Bonchev–Trinajstić information content (AvgIpc) is 2.64. The molecule has 2 aromatic rings. The Kier molecular flexibility index (Phi) is 6.22. The van der Waals surface area contributed by atoms with Crippen LogP contribution in [0.1, 0.15) is 35.8 Å². The molecule has 5 nitrogen and oxygen atoms in total. The Bertz CT molecular complexity index is 932. The van der Waals surface area contributed by atoms with E-state index in [4.69, 9.17) is 16.3 Å². The van der Waals surface area contributed by atoms with Crippen LogP contribution in [0.4, 0.5) is 4.39 Å². The minimum atomic E-state index is -0.501. The van der Waals surface area contributed by atoms with Gasteiger partial charge in [-0.25, -0.2) is 4.39 Å². The Labute approximate surface area is 169 Å². The van der Waals surface area contributed by atoms with Crippen LogP contribution in [-0.2, 0) is 13.1 Å². The van der Waals surface area contributed by atoms with Crippen LogP contribution in [-0.4, -0.2) is 28.5 Å². The lowest BCUT2D eigenvalue weighted by Gasteiger charge is -2.31. The van der Waals surface area contributed by atoms with Crippen LogP contribution < -0.4 is 10.2 Å². The van der Waals surface area contributed by atoms with Gasteiger partial charge in [0.05, 0.1) is 16.1 Å². The summed E-state index contributed by atoms with van der Waals surface area (Å²) in [4.78, 5) is 27.2. The maximum absolute atomic E-state index is 13.4. The van der Waals surface area contributed by atoms with E-state index >= 15 is 0 Å². The molecule has 0 aliphatic carbocycles. The zero-order chi connectivity index (χ0) is 19.6. The maximum atomic E-state index is 13.4. The summed E-state index contributed by atoms with van der Waals surface area (Å²) in [7, 11) is 0. The van der Waals surface area contributed by atoms with Gasteiger partial charge in [0.1, 0.15) is 5.82 Å². The summed E-state index contributed by atoms with van der Waals surface area (Å²) < 4.78 is 21.1. The molecule has 0 saturated heterocycles. The summed E-state index contributed by atoms with van der Waals surface area (Å²) in [5, 5.41) is 0.0149. The van der Waals surface area contributed by atoms with Gasteiger partial charge in [-0.05, 0) is 40.0 Å². The van der Waals surface area contributed by atoms with Crippen LogP contribution in [0.15, 0.2) is 33.7 Å². The second-order valence-corrected chi connectivity index (χ2v) is 7.62. The molecular formula is C19H19BrClFN2O3. The number of nitrogens with zero attached hydrogens (tertiary/aromatic N) is 2. The van der Waals surface area contributed by atoms with Gasteiger partial charge in [0.25, 0.3) is 5.91 Å². The van der Waals surface area contributed by atoms with Crippen molar-refractivity contribution in [2.75, 3.05) is 13.2 Å². The predicted molar refractivity (Wildman–Crippen MR) is 105 cm³/mol. The molecule has 0 unspecified atom stereocenters. The Morgan fingerprint density at radius 3 is 2.78 bits per heavy atom. The van der Waals surface area contributed by atoms with Gasteiger partial charge in [0, 0.05) is 25.8 Å². The Balaban J connectivity index is 1.91. The molecule has 0 bridgehead atoms. The van der Waals surface area contributed by atoms with E-state index in [-0.39, 0.29) is 34.3 Å². The summed E-state index contributed by atoms with van der Waals surface area (Å²) in [6.45, 7) is 3.66. The molecule has 0 radical (unpaired) electrons. The van der Waals surface area contributed by atoms with E-state index in [9.17, 15) is 14.0 Å². The van der Waals surface area contributed by atoms with Gasteiger partial charge in [0.2, 0.25) is 5.43 Å². The number of benzene rings is 1. The fourth-order valence-corrected chi connectivity index (χ4v) is 3.57. The van der Waals surface area contributed by atoms with E-state index in [1.165, 1.54) is 12.1 Å². The zero-order valence-corrected chi connectivity index (χ0v) is 17.1. The number of fused-ring (bicyclic) bond motifs is 1. The van der Waals surface area contributed by atoms with Gasteiger partial charge < -0.3 is 14.2 Å². The highest BCUT2D eigenvalue weighted by Crippen LogP contribution is 2.25. The standard InChI is InChI=1S/C19H19BrClFN2O3/c1-2-3-8-27-18-16-19(26)24(7-6-23(16)11-13(20)17(18)25)10-12-4-5-15(22)14(21)9-12/h4-5,9,11H,2-3,6-8,10H2,1H3. The van der Waals surface area contributed by atoms with Gasteiger partial charge in [-0.1, -0.05) is 31.0 Å². The molecule has 0 fully saturated rings. The van der Waals surface area contributed by atoms with Gasteiger partial charge >= 0.3 is 0 Å². The van der Waals surface area contributed by atoms with Crippen LogP contribution in [0.2, 0.25) is 5.02 Å². The highest BCUT2D eigenvalue weighted by Gasteiger charge is 2.30. The molecule has 1 aromatic heterocycles. The van der Waals surface area contributed by atoms with Gasteiger partial charge in [-0.3, -0.25) is 9.59 Å². The van der Waals surface area contributed by atoms with Crippen LogP contribution in [0.5, 0.6) is 5.75 Å². The van der Waals surface area contributed by atoms with Crippen molar-refractivity contribution in [2.45, 2.75) is 32.9 Å². The number of aromatic nitrogens is 1. The van der Waals surface area contributed by atoms with Crippen molar-refractivity contribution in [1.82, 2.24) is 9.47 Å². The molecule has 144 valence electrons. The smallest absolute Gasteiger partial charge is 0.274 e. The molecule has 1 aliphatic rings. The number of hydrogen-bond donors (Lipinski definition) is 0. The van der Waals surface area contributed by atoms with Crippen LogP contribution >= 0.6 is 27.5 Å². The number of unbranched alkanes of at least 4 members (excludes halogenated alkanes) is 1. The molecule has 0 N–H and O–H groups in total. The molecule has 1 aromatic carbocycles. The van der Waals surface area contributed by atoms with E-state index in [0.29, 0.717) is 24.2 Å². The second-order valence-electron chi connectivity index (χ2n) is 6.35. The minimum absolute atomic E-state index is 0.0149. The minimum Gasteiger partial charge on any atom is -0.487 e. The van der Waals surface area contributed by atoms with Crippen molar-refractivity contribution < 1.29 is 13.9 Å². The molecule has 0 saturated carbocycles. The zero-order valence-electron chi connectivity index (χ0n) is 14.8. The van der Waals surface area contributed by atoms with E-state index in [0.717, 1.165) is 18.4 Å². The summed E-state index contributed by atoms with van der Waals surface area (Å²) in [5.41, 5.74) is 0.632. The highest BCUT2D eigenvalue weighted by molar-refractivity contribution is 9.10. The van der Waals surface area contributed by atoms with Crippen LogP contribution in [0, 0.1) is 5.82 Å². The molecule has 0 spiro atoms. The molecule has 3 rings (SSSR count).